The predicted molar refractivity (Wildman–Crippen MR) is 48.7 cm³/mol. The summed E-state index contributed by atoms with van der Waals surface area (Å²) in [5.41, 5.74) is 0.588. The van der Waals surface area contributed by atoms with Crippen molar-refractivity contribution in [2.24, 2.45) is 5.14 Å². The summed E-state index contributed by atoms with van der Waals surface area (Å²) in [6.07, 6.45) is 2.08. The summed E-state index contributed by atoms with van der Waals surface area (Å²) in [6, 6.07) is 0. The van der Waals surface area contributed by atoms with Gasteiger partial charge in [-0.2, -0.15) is 5.10 Å². The van der Waals surface area contributed by atoms with Crippen LogP contribution >= 0.6 is 0 Å². The lowest BCUT2D eigenvalue weighted by atomic mass is 10.1. The molecule has 0 saturated carbocycles. The zero-order valence-electron chi connectivity index (χ0n) is 7.61. The quantitative estimate of drug-likeness (QED) is 0.752. The molecule has 1 aromatic heterocycles. The van der Waals surface area contributed by atoms with Gasteiger partial charge >= 0.3 is 0 Å². The van der Waals surface area contributed by atoms with Crippen LogP contribution in [0.4, 0.5) is 0 Å². The first kappa shape index (κ1) is 10.2. The second-order valence-electron chi connectivity index (χ2n) is 3.00. The molecule has 0 aliphatic heterocycles. The molecule has 1 heterocycles. The van der Waals surface area contributed by atoms with Crippen LogP contribution in [0.2, 0.25) is 0 Å². The zero-order valence-corrected chi connectivity index (χ0v) is 8.43. The SMILES string of the molecule is CCC(C)c1[nH]ncc1S(N)(=O)=O. The van der Waals surface area contributed by atoms with Crippen molar-refractivity contribution in [1.29, 1.82) is 0 Å². The lowest BCUT2D eigenvalue weighted by molar-refractivity contribution is 0.593. The maximum Gasteiger partial charge on any atom is 0.241 e. The summed E-state index contributed by atoms with van der Waals surface area (Å²) in [4.78, 5) is 0.0989. The Morgan fingerprint density at radius 3 is 2.77 bits per heavy atom. The smallest absolute Gasteiger partial charge is 0.241 e. The third-order valence-electron chi connectivity index (χ3n) is 2.04. The van der Waals surface area contributed by atoms with E-state index in [1.165, 1.54) is 6.20 Å². The summed E-state index contributed by atoms with van der Waals surface area (Å²) < 4.78 is 22.1. The van der Waals surface area contributed by atoms with E-state index in [1.54, 1.807) is 0 Å². The lowest BCUT2D eigenvalue weighted by Gasteiger charge is -2.06. The normalized spacial score (nSPS) is 14.4. The minimum absolute atomic E-state index is 0.0989. The number of nitrogens with zero attached hydrogens (tertiary/aromatic N) is 1. The van der Waals surface area contributed by atoms with Crippen molar-refractivity contribution >= 4 is 10.0 Å². The summed E-state index contributed by atoms with van der Waals surface area (Å²) in [5.74, 6) is 0.121. The van der Waals surface area contributed by atoms with E-state index in [9.17, 15) is 8.42 Å². The third kappa shape index (κ3) is 2.07. The number of primary sulfonamides is 1. The number of H-pyrrole nitrogens is 1. The van der Waals surface area contributed by atoms with E-state index >= 15 is 0 Å². The Labute approximate surface area is 77.4 Å². The summed E-state index contributed by atoms with van der Waals surface area (Å²) in [6.45, 7) is 3.89. The lowest BCUT2D eigenvalue weighted by Crippen LogP contribution is -2.14. The summed E-state index contributed by atoms with van der Waals surface area (Å²) >= 11 is 0. The van der Waals surface area contributed by atoms with Crippen molar-refractivity contribution in [2.75, 3.05) is 0 Å². The molecule has 1 atom stereocenters. The van der Waals surface area contributed by atoms with Crippen LogP contribution in [0.15, 0.2) is 11.1 Å². The Kier molecular flexibility index (Phi) is 2.72. The van der Waals surface area contributed by atoms with E-state index in [0.29, 0.717) is 5.69 Å². The maximum absolute atomic E-state index is 11.1. The summed E-state index contributed by atoms with van der Waals surface area (Å²) in [5, 5.41) is 11.3. The van der Waals surface area contributed by atoms with E-state index in [0.717, 1.165) is 6.42 Å². The van der Waals surface area contributed by atoms with Crippen molar-refractivity contribution in [3.63, 3.8) is 0 Å². The van der Waals surface area contributed by atoms with Crippen LogP contribution in [0.5, 0.6) is 0 Å². The van der Waals surface area contributed by atoms with Crippen LogP contribution < -0.4 is 5.14 Å². The molecule has 74 valence electrons. The Morgan fingerprint density at radius 1 is 1.69 bits per heavy atom. The zero-order chi connectivity index (χ0) is 10.1. The number of aromatic nitrogens is 2. The standard InChI is InChI=1S/C7H13N3O2S/c1-3-5(2)7-6(4-9-10-7)13(8,11)12/h4-5H,3H2,1-2H3,(H,9,10)(H2,8,11,12). The van der Waals surface area contributed by atoms with Crippen LogP contribution in [-0.4, -0.2) is 18.6 Å². The van der Waals surface area contributed by atoms with Crippen LogP contribution in [0.25, 0.3) is 0 Å². The largest absolute Gasteiger partial charge is 0.281 e. The Balaban J connectivity index is 3.18. The first-order valence-corrected chi connectivity index (χ1v) is 5.57. The molecule has 1 unspecified atom stereocenters. The molecule has 0 bridgehead atoms. The van der Waals surface area contributed by atoms with Crippen molar-refractivity contribution in [3.05, 3.63) is 11.9 Å². The Morgan fingerprint density at radius 2 is 2.31 bits per heavy atom. The Bertz CT molecular complexity index is 382. The van der Waals surface area contributed by atoms with E-state index < -0.39 is 10.0 Å². The molecular formula is C7H13N3O2S. The molecule has 1 aromatic rings. The summed E-state index contributed by atoms with van der Waals surface area (Å²) in [7, 11) is -3.64. The molecule has 0 amide bonds. The van der Waals surface area contributed by atoms with Crippen molar-refractivity contribution in [2.45, 2.75) is 31.1 Å². The van der Waals surface area contributed by atoms with Crippen molar-refractivity contribution in [1.82, 2.24) is 10.2 Å². The average molecular weight is 203 g/mol. The second kappa shape index (κ2) is 3.47. The van der Waals surface area contributed by atoms with Gasteiger partial charge in [0.25, 0.3) is 0 Å². The van der Waals surface area contributed by atoms with E-state index in [2.05, 4.69) is 10.2 Å². The van der Waals surface area contributed by atoms with Gasteiger partial charge in [-0.25, -0.2) is 13.6 Å². The molecule has 0 saturated heterocycles. The highest BCUT2D eigenvalue weighted by Crippen LogP contribution is 2.22. The minimum atomic E-state index is -3.64. The number of sulfonamides is 1. The molecular weight excluding hydrogens is 190 g/mol. The fourth-order valence-corrected chi connectivity index (χ4v) is 1.82. The molecule has 6 heteroatoms. The molecule has 0 aromatic carbocycles. The molecule has 13 heavy (non-hydrogen) atoms. The minimum Gasteiger partial charge on any atom is -0.281 e. The highest BCUT2D eigenvalue weighted by Gasteiger charge is 2.19. The van der Waals surface area contributed by atoms with Gasteiger partial charge in [0, 0.05) is 0 Å². The van der Waals surface area contributed by atoms with E-state index in [1.807, 2.05) is 13.8 Å². The highest BCUT2D eigenvalue weighted by molar-refractivity contribution is 7.89. The van der Waals surface area contributed by atoms with Gasteiger partial charge in [-0.3, -0.25) is 5.10 Å². The highest BCUT2D eigenvalue weighted by atomic mass is 32.2. The van der Waals surface area contributed by atoms with Gasteiger partial charge in [0.1, 0.15) is 4.90 Å². The number of rotatable bonds is 3. The second-order valence-corrected chi connectivity index (χ2v) is 4.53. The number of aromatic amines is 1. The number of hydrogen-bond donors (Lipinski definition) is 2. The topological polar surface area (TPSA) is 88.8 Å². The molecule has 1 rings (SSSR count). The molecule has 5 nitrogen and oxygen atoms in total. The maximum atomic E-state index is 11.1. The van der Waals surface area contributed by atoms with Crippen LogP contribution in [0, 0.1) is 0 Å². The monoisotopic (exact) mass is 203 g/mol. The van der Waals surface area contributed by atoms with Crippen molar-refractivity contribution in [3.8, 4) is 0 Å². The molecule has 3 N–H and O–H groups in total. The predicted octanol–water partition coefficient (Wildman–Crippen LogP) is 0.571. The van der Waals surface area contributed by atoms with Gasteiger partial charge in [0.05, 0.1) is 11.9 Å². The number of nitrogens with one attached hydrogen (secondary N) is 1. The van der Waals surface area contributed by atoms with Gasteiger partial charge < -0.3 is 0 Å². The van der Waals surface area contributed by atoms with Crippen LogP contribution in [0.3, 0.4) is 0 Å². The van der Waals surface area contributed by atoms with Gasteiger partial charge in [0.2, 0.25) is 10.0 Å². The third-order valence-corrected chi connectivity index (χ3v) is 2.98. The first-order valence-electron chi connectivity index (χ1n) is 4.03. The van der Waals surface area contributed by atoms with E-state index in [4.69, 9.17) is 5.14 Å². The molecule has 0 radical (unpaired) electrons. The van der Waals surface area contributed by atoms with Gasteiger partial charge in [-0.1, -0.05) is 13.8 Å². The van der Waals surface area contributed by atoms with Crippen molar-refractivity contribution < 1.29 is 8.42 Å². The van der Waals surface area contributed by atoms with E-state index in [-0.39, 0.29) is 10.8 Å². The molecule has 0 fully saturated rings. The Hall–Kier alpha value is -0.880. The fourth-order valence-electron chi connectivity index (χ4n) is 1.07. The first-order chi connectivity index (χ1) is 5.96. The van der Waals surface area contributed by atoms with Crippen LogP contribution in [-0.2, 0) is 10.0 Å². The van der Waals surface area contributed by atoms with Crippen LogP contribution in [0.1, 0.15) is 31.9 Å². The number of hydrogen-bond acceptors (Lipinski definition) is 3. The van der Waals surface area contributed by atoms with Gasteiger partial charge in [0.15, 0.2) is 0 Å². The molecule has 0 spiro atoms. The number of nitrogens with two attached hydrogens (primary N) is 1. The van der Waals surface area contributed by atoms with Gasteiger partial charge in [-0.15, -0.1) is 0 Å². The molecule has 0 aliphatic carbocycles. The fraction of sp³-hybridized carbons (Fsp3) is 0.571. The molecule has 0 aliphatic rings. The van der Waals surface area contributed by atoms with Gasteiger partial charge in [-0.05, 0) is 12.3 Å². The average Bonchev–Trinajstić information content (AvgIpc) is 2.49.